The number of rotatable bonds is 3. The highest BCUT2D eigenvalue weighted by molar-refractivity contribution is 5.74. The van der Waals surface area contributed by atoms with Crippen LogP contribution in [0.5, 0.6) is 0 Å². The molecule has 8 heteroatoms. The van der Waals surface area contributed by atoms with Crippen LogP contribution >= 0.6 is 0 Å². The van der Waals surface area contributed by atoms with E-state index in [1.807, 2.05) is 25.3 Å². The lowest BCUT2D eigenvalue weighted by Gasteiger charge is -2.39. The largest absolute Gasteiger partial charge is 0.388 e. The van der Waals surface area contributed by atoms with Gasteiger partial charge in [0.25, 0.3) is 0 Å². The summed E-state index contributed by atoms with van der Waals surface area (Å²) < 4.78 is 13.3. The summed E-state index contributed by atoms with van der Waals surface area (Å²) in [4.78, 5) is 16.1. The Balaban J connectivity index is 1.79. The first-order valence-corrected chi connectivity index (χ1v) is 7.49. The number of ether oxygens (including phenoxy) is 2. The first kappa shape index (κ1) is 15.3. The van der Waals surface area contributed by atoms with Gasteiger partial charge >= 0.3 is 6.03 Å². The van der Waals surface area contributed by atoms with Crippen LogP contribution in [0.2, 0.25) is 0 Å². The van der Waals surface area contributed by atoms with Crippen molar-refractivity contribution in [3.8, 4) is 0 Å². The van der Waals surface area contributed by atoms with Gasteiger partial charge in [-0.15, -0.1) is 0 Å². The predicted molar refractivity (Wildman–Crippen MR) is 77.2 cm³/mol. The highest BCUT2D eigenvalue weighted by Crippen LogP contribution is 2.36. The van der Waals surface area contributed by atoms with E-state index in [4.69, 9.17) is 9.47 Å². The standard InChI is InChI=1S/C14H22N4O4/c1-7(2)16-14(20)17-10-9-6-21-13(22-9)11(12(10)19)18-5-4-15-8(18)3/h4-5,7,9-13,19H,6H2,1-3H3,(H2,16,17,20)/t9-,10-,11-,12+,13-/m1/s1. The van der Waals surface area contributed by atoms with Crippen molar-refractivity contribution in [1.29, 1.82) is 0 Å². The first-order valence-electron chi connectivity index (χ1n) is 7.49. The smallest absolute Gasteiger partial charge is 0.315 e. The second-order valence-corrected chi connectivity index (χ2v) is 6.04. The number of carbonyl (C=O) groups excluding carboxylic acids is 1. The zero-order valence-corrected chi connectivity index (χ0v) is 12.9. The summed E-state index contributed by atoms with van der Waals surface area (Å²) in [5, 5.41) is 16.3. The maximum atomic E-state index is 12.0. The fourth-order valence-corrected chi connectivity index (χ4v) is 3.03. The molecular formula is C14H22N4O4. The summed E-state index contributed by atoms with van der Waals surface area (Å²) >= 11 is 0. The van der Waals surface area contributed by atoms with Gasteiger partial charge in [0.1, 0.15) is 24.1 Å². The van der Waals surface area contributed by atoms with Crippen LogP contribution in [0.15, 0.2) is 12.4 Å². The zero-order chi connectivity index (χ0) is 15.9. The topological polar surface area (TPSA) is 97.6 Å². The average Bonchev–Trinajstić information content (AvgIpc) is 3.03. The molecule has 3 heterocycles. The van der Waals surface area contributed by atoms with Gasteiger partial charge in [0.2, 0.25) is 0 Å². The summed E-state index contributed by atoms with van der Waals surface area (Å²) in [6.07, 6.45) is 1.74. The number of imidazole rings is 1. The molecule has 0 aromatic carbocycles. The van der Waals surface area contributed by atoms with Gasteiger partial charge in [-0.05, 0) is 20.8 Å². The van der Waals surface area contributed by atoms with Crippen LogP contribution in [-0.2, 0) is 9.47 Å². The Morgan fingerprint density at radius 2 is 2.32 bits per heavy atom. The van der Waals surface area contributed by atoms with Gasteiger partial charge < -0.3 is 29.8 Å². The van der Waals surface area contributed by atoms with Gasteiger partial charge in [-0.2, -0.15) is 0 Å². The number of fused-ring (bicyclic) bond motifs is 2. The van der Waals surface area contributed by atoms with Gasteiger partial charge in [0, 0.05) is 18.4 Å². The van der Waals surface area contributed by atoms with E-state index in [0.717, 1.165) is 5.82 Å². The molecule has 0 aliphatic carbocycles. The molecule has 3 rings (SSSR count). The minimum absolute atomic E-state index is 0.0147. The van der Waals surface area contributed by atoms with E-state index < -0.39 is 24.5 Å². The number of carbonyl (C=O) groups is 1. The van der Waals surface area contributed by atoms with Crippen LogP contribution in [0.3, 0.4) is 0 Å². The predicted octanol–water partition coefficient (Wildman–Crippen LogP) is -0.0752. The highest BCUT2D eigenvalue weighted by atomic mass is 16.7. The molecular weight excluding hydrogens is 288 g/mol. The molecule has 0 radical (unpaired) electrons. The van der Waals surface area contributed by atoms with E-state index in [-0.39, 0.29) is 18.2 Å². The van der Waals surface area contributed by atoms with E-state index >= 15 is 0 Å². The van der Waals surface area contributed by atoms with Crippen molar-refractivity contribution in [3.05, 3.63) is 18.2 Å². The SMILES string of the molecule is Cc1nccn1[C@H]1[C@@H]2OC[C@@H](O2)[C@@H](NC(=O)NC(C)C)[C@@H]1O. The number of aliphatic hydroxyl groups is 1. The molecule has 2 bridgehead atoms. The van der Waals surface area contributed by atoms with Gasteiger partial charge in [0.05, 0.1) is 12.6 Å². The third-order valence-electron chi connectivity index (χ3n) is 4.03. The van der Waals surface area contributed by atoms with Crippen molar-refractivity contribution in [2.24, 2.45) is 0 Å². The fourth-order valence-electron chi connectivity index (χ4n) is 3.03. The Morgan fingerprint density at radius 3 is 2.95 bits per heavy atom. The molecule has 8 nitrogen and oxygen atoms in total. The maximum Gasteiger partial charge on any atom is 0.315 e. The summed E-state index contributed by atoms with van der Waals surface area (Å²) in [5.41, 5.74) is 0. The summed E-state index contributed by atoms with van der Waals surface area (Å²) in [6.45, 7) is 5.94. The Hall–Kier alpha value is -1.64. The second-order valence-electron chi connectivity index (χ2n) is 6.04. The number of aromatic nitrogens is 2. The Kier molecular flexibility index (Phi) is 4.07. The van der Waals surface area contributed by atoms with Crippen molar-refractivity contribution in [2.45, 2.75) is 57.4 Å². The Morgan fingerprint density at radius 1 is 1.55 bits per heavy atom. The molecule has 1 aromatic heterocycles. The van der Waals surface area contributed by atoms with E-state index in [1.54, 1.807) is 12.4 Å². The summed E-state index contributed by atoms with van der Waals surface area (Å²) in [7, 11) is 0. The molecule has 2 amide bonds. The molecule has 3 N–H and O–H groups in total. The lowest BCUT2D eigenvalue weighted by molar-refractivity contribution is -0.164. The zero-order valence-electron chi connectivity index (χ0n) is 12.9. The van der Waals surface area contributed by atoms with E-state index in [2.05, 4.69) is 15.6 Å². The van der Waals surface area contributed by atoms with Crippen LogP contribution in [0.4, 0.5) is 4.79 Å². The van der Waals surface area contributed by atoms with E-state index in [1.165, 1.54) is 0 Å². The number of amides is 2. The molecule has 2 fully saturated rings. The van der Waals surface area contributed by atoms with Crippen LogP contribution in [-0.4, -0.2) is 57.9 Å². The first-order chi connectivity index (χ1) is 10.5. The van der Waals surface area contributed by atoms with Crippen molar-refractivity contribution < 1.29 is 19.4 Å². The van der Waals surface area contributed by atoms with Gasteiger partial charge in [0.15, 0.2) is 6.29 Å². The molecule has 0 saturated carbocycles. The fraction of sp³-hybridized carbons (Fsp3) is 0.714. The third-order valence-corrected chi connectivity index (χ3v) is 4.03. The lowest BCUT2D eigenvalue weighted by Crippen LogP contribution is -2.60. The molecule has 2 aliphatic rings. The normalized spacial score (nSPS) is 34.0. The molecule has 0 unspecified atom stereocenters. The Bertz CT molecular complexity index is 547. The van der Waals surface area contributed by atoms with Crippen LogP contribution in [0.25, 0.3) is 0 Å². The van der Waals surface area contributed by atoms with Crippen LogP contribution < -0.4 is 10.6 Å². The Labute approximate surface area is 128 Å². The maximum absolute atomic E-state index is 12.0. The molecule has 1 aromatic rings. The summed E-state index contributed by atoms with van der Waals surface area (Å²) in [6, 6.07) is -1.29. The van der Waals surface area contributed by atoms with Gasteiger partial charge in [-0.1, -0.05) is 0 Å². The number of hydrogen-bond donors (Lipinski definition) is 3. The van der Waals surface area contributed by atoms with Gasteiger partial charge in [-0.25, -0.2) is 9.78 Å². The number of aryl methyl sites for hydroxylation is 1. The lowest BCUT2D eigenvalue weighted by atomic mass is 9.96. The van der Waals surface area contributed by atoms with Crippen molar-refractivity contribution in [1.82, 2.24) is 20.2 Å². The molecule has 22 heavy (non-hydrogen) atoms. The number of urea groups is 1. The molecule has 2 aliphatic heterocycles. The second kappa shape index (κ2) is 5.86. The highest BCUT2D eigenvalue weighted by Gasteiger charge is 2.51. The van der Waals surface area contributed by atoms with Crippen LogP contribution in [0, 0.1) is 6.92 Å². The van der Waals surface area contributed by atoms with E-state index in [0.29, 0.717) is 6.61 Å². The summed E-state index contributed by atoms with van der Waals surface area (Å²) in [5.74, 6) is 0.756. The quantitative estimate of drug-likeness (QED) is 0.726. The number of aliphatic hydroxyl groups excluding tert-OH is 1. The van der Waals surface area contributed by atoms with Crippen molar-refractivity contribution in [3.63, 3.8) is 0 Å². The average molecular weight is 310 g/mol. The number of nitrogens with zero attached hydrogens (tertiary/aromatic N) is 2. The van der Waals surface area contributed by atoms with Crippen molar-refractivity contribution >= 4 is 6.03 Å². The number of nitrogens with one attached hydrogen (secondary N) is 2. The molecule has 0 spiro atoms. The minimum Gasteiger partial charge on any atom is -0.388 e. The monoisotopic (exact) mass is 310 g/mol. The molecule has 122 valence electrons. The van der Waals surface area contributed by atoms with E-state index in [9.17, 15) is 9.90 Å². The minimum atomic E-state index is -0.822. The van der Waals surface area contributed by atoms with Gasteiger partial charge in [-0.3, -0.25) is 0 Å². The van der Waals surface area contributed by atoms with Crippen LogP contribution in [0.1, 0.15) is 25.7 Å². The molecule has 5 atom stereocenters. The number of hydrogen-bond acceptors (Lipinski definition) is 5. The molecule has 2 saturated heterocycles. The van der Waals surface area contributed by atoms with Crippen molar-refractivity contribution in [2.75, 3.05) is 6.61 Å². The third kappa shape index (κ3) is 2.69.